The second-order valence-electron chi connectivity index (χ2n) is 4.51. The largest absolute Gasteiger partial charge is 0.542 e. The number of allylic oxidation sites excluding steroid dienone is 1. The third kappa shape index (κ3) is 3.81. The molecular formula is C15H12F3NO2. The first-order valence-electron chi connectivity index (χ1n) is 6.25. The molecule has 0 atom stereocenters. The second kappa shape index (κ2) is 5.95. The highest BCUT2D eigenvalue weighted by molar-refractivity contribution is 5.81. The van der Waals surface area contributed by atoms with Crippen LogP contribution >= 0.6 is 0 Å². The molecule has 0 saturated carbocycles. The summed E-state index contributed by atoms with van der Waals surface area (Å²) in [6.45, 7) is 0. The molecule has 0 spiro atoms. The van der Waals surface area contributed by atoms with Gasteiger partial charge in [-0.15, -0.1) is 0 Å². The van der Waals surface area contributed by atoms with Gasteiger partial charge >= 0.3 is 6.18 Å². The number of hydrogen-bond donors (Lipinski definition) is 0. The van der Waals surface area contributed by atoms with Gasteiger partial charge in [0.05, 0.1) is 0 Å². The summed E-state index contributed by atoms with van der Waals surface area (Å²) in [7, 11) is 0. The van der Waals surface area contributed by atoms with Crippen LogP contribution in [0, 0.1) is 0 Å². The third-order valence-corrected chi connectivity index (χ3v) is 2.99. The average molecular weight is 295 g/mol. The first kappa shape index (κ1) is 15.0. The fourth-order valence-electron chi connectivity index (χ4n) is 2.01. The standard InChI is InChI=1S/C13H12N.C2HF3O2/c1-2-6-12-10-14-8-4-3-7-13(14)9-11(12)5-1;3-2(4,5)1(6)7/h1-2,4-6,8-10H,3,7H2;(H,6,7)/q+1;/p-1. The molecule has 0 unspecified atom stereocenters. The van der Waals surface area contributed by atoms with Gasteiger partial charge in [-0.05, 0) is 23.9 Å². The highest BCUT2D eigenvalue weighted by Gasteiger charge is 2.28. The van der Waals surface area contributed by atoms with Crippen molar-refractivity contribution in [2.24, 2.45) is 0 Å². The molecule has 1 aliphatic rings. The summed E-state index contributed by atoms with van der Waals surface area (Å²) in [6.07, 6.45) is 3.72. The Morgan fingerprint density at radius 1 is 1.19 bits per heavy atom. The molecule has 0 N–H and O–H groups in total. The fourth-order valence-corrected chi connectivity index (χ4v) is 2.01. The van der Waals surface area contributed by atoms with Gasteiger partial charge in [-0.3, -0.25) is 0 Å². The van der Waals surface area contributed by atoms with Crippen molar-refractivity contribution in [2.45, 2.75) is 19.0 Å². The van der Waals surface area contributed by atoms with Crippen molar-refractivity contribution in [3.05, 3.63) is 48.3 Å². The van der Waals surface area contributed by atoms with Gasteiger partial charge in [0.25, 0.3) is 0 Å². The molecule has 21 heavy (non-hydrogen) atoms. The number of carboxylic acid groups (broad SMARTS) is 1. The number of pyridine rings is 1. The van der Waals surface area contributed by atoms with E-state index < -0.39 is 12.1 Å². The number of rotatable bonds is 0. The number of carbonyl (C=O) groups is 1. The smallest absolute Gasteiger partial charge is 0.430 e. The van der Waals surface area contributed by atoms with Gasteiger partial charge in [0.1, 0.15) is 5.97 Å². The summed E-state index contributed by atoms with van der Waals surface area (Å²) >= 11 is 0. The average Bonchev–Trinajstić information content (AvgIpc) is 2.44. The molecule has 0 amide bonds. The van der Waals surface area contributed by atoms with Crippen LogP contribution in [0.2, 0.25) is 0 Å². The lowest BCUT2D eigenvalue weighted by Gasteiger charge is -2.04. The summed E-state index contributed by atoms with van der Waals surface area (Å²) in [5.41, 5.74) is 1.41. The molecular weight excluding hydrogens is 283 g/mol. The van der Waals surface area contributed by atoms with Crippen LogP contribution in [-0.2, 0) is 11.2 Å². The van der Waals surface area contributed by atoms with E-state index in [0.29, 0.717) is 0 Å². The van der Waals surface area contributed by atoms with Gasteiger partial charge in [-0.2, -0.15) is 17.7 Å². The van der Waals surface area contributed by atoms with Crippen molar-refractivity contribution in [1.82, 2.24) is 0 Å². The second-order valence-corrected chi connectivity index (χ2v) is 4.51. The number of alkyl halides is 3. The minimum atomic E-state index is -5.19. The molecule has 0 radical (unpaired) electrons. The SMILES string of the molecule is C1=C[n+]2cc3ccccc3cc2CC1.O=C([O-])C(F)(F)F. The maximum Gasteiger partial charge on any atom is 0.430 e. The van der Waals surface area contributed by atoms with Crippen LogP contribution in [0.4, 0.5) is 13.2 Å². The zero-order chi connectivity index (χ0) is 15.5. The number of nitrogens with zero attached hydrogens (tertiary/aromatic N) is 1. The molecule has 110 valence electrons. The number of benzene rings is 1. The Labute approximate surface area is 118 Å². The predicted octanol–water partition coefficient (Wildman–Crippen LogP) is 1.84. The highest BCUT2D eigenvalue weighted by atomic mass is 19.4. The predicted molar refractivity (Wildman–Crippen MR) is 68.9 cm³/mol. The lowest BCUT2D eigenvalue weighted by Crippen LogP contribution is -2.37. The third-order valence-electron chi connectivity index (χ3n) is 2.99. The first-order valence-corrected chi connectivity index (χ1v) is 6.25. The molecule has 0 saturated heterocycles. The van der Waals surface area contributed by atoms with Gasteiger partial charge in [0.2, 0.25) is 0 Å². The van der Waals surface area contributed by atoms with Gasteiger partial charge in [0, 0.05) is 17.9 Å². The highest BCUT2D eigenvalue weighted by Crippen LogP contribution is 2.15. The van der Waals surface area contributed by atoms with Crippen molar-refractivity contribution in [2.75, 3.05) is 0 Å². The van der Waals surface area contributed by atoms with E-state index in [0.717, 1.165) is 6.42 Å². The summed E-state index contributed by atoms with van der Waals surface area (Å²) in [6, 6.07) is 10.8. The maximum atomic E-state index is 10.5. The minimum Gasteiger partial charge on any atom is -0.542 e. The first-order chi connectivity index (χ1) is 9.88. The molecule has 1 aromatic carbocycles. The molecule has 6 heteroatoms. The van der Waals surface area contributed by atoms with Crippen LogP contribution in [0.5, 0.6) is 0 Å². The van der Waals surface area contributed by atoms with E-state index in [1.54, 1.807) is 0 Å². The molecule has 1 aromatic heterocycles. The molecule has 2 heterocycles. The fraction of sp³-hybridized carbons (Fsp3) is 0.200. The van der Waals surface area contributed by atoms with E-state index in [4.69, 9.17) is 9.90 Å². The molecule has 1 aliphatic heterocycles. The van der Waals surface area contributed by atoms with Crippen molar-refractivity contribution in [1.29, 1.82) is 0 Å². The van der Waals surface area contributed by atoms with Gasteiger partial charge in [-0.25, -0.2) is 0 Å². The molecule has 0 aliphatic carbocycles. The van der Waals surface area contributed by atoms with E-state index in [2.05, 4.69) is 53.4 Å². The maximum absolute atomic E-state index is 10.5. The van der Waals surface area contributed by atoms with Gasteiger partial charge < -0.3 is 9.90 Å². The summed E-state index contributed by atoms with van der Waals surface area (Å²) < 4.78 is 33.8. The molecule has 2 aromatic rings. The van der Waals surface area contributed by atoms with Crippen LogP contribution in [0.1, 0.15) is 12.1 Å². The van der Waals surface area contributed by atoms with E-state index in [-0.39, 0.29) is 0 Å². The van der Waals surface area contributed by atoms with Gasteiger partial charge in [0.15, 0.2) is 18.1 Å². The number of aliphatic carboxylic acids is 1. The van der Waals surface area contributed by atoms with Crippen LogP contribution in [-0.4, -0.2) is 12.1 Å². The number of carbonyl (C=O) groups excluding carboxylic acids is 1. The van der Waals surface area contributed by atoms with E-state index in [1.807, 2.05) is 0 Å². The molecule has 0 bridgehead atoms. The van der Waals surface area contributed by atoms with Crippen molar-refractivity contribution >= 4 is 22.9 Å². The Bertz CT molecular complexity index is 693. The summed E-state index contributed by atoms with van der Waals surface area (Å²) in [4.78, 5) is 8.78. The number of aryl methyl sites for hydroxylation is 1. The van der Waals surface area contributed by atoms with E-state index >= 15 is 0 Å². The molecule has 0 fully saturated rings. The topological polar surface area (TPSA) is 44.0 Å². The van der Waals surface area contributed by atoms with Crippen LogP contribution in [0.25, 0.3) is 17.0 Å². The zero-order valence-corrected chi connectivity index (χ0v) is 10.9. The molecule has 3 rings (SSSR count). The lowest BCUT2D eigenvalue weighted by atomic mass is 10.1. The Balaban J connectivity index is 0.000000199. The number of hydrogen-bond acceptors (Lipinski definition) is 2. The number of fused-ring (bicyclic) bond motifs is 2. The number of halogens is 3. The quantitative estimate of drug-likeness (QED) is 0.696. The lowest BCUT2D eigenvalue weighted by molar-refractivity contribution is -0.577. The van der Waals surface area contributed by atoms with Crippen molar-refractivity contribution < 1.29 is 27.6 Å². The van der Waals surface area contributed by atoms with Crippen LogP contribution in [0.3, 0.4) is 0 Å². The summed E-state index contributed by atoms with van der Waals surface area (Å²) in [5, 5.41) is 11.4. The summed E-state index contributed by atoms with van der Waals surface area (Å²) in [5.74, 6) is -3.01. The Kier molecular flexibility index (Phi) is 4.26. The van der Waals surface area contributed by atoms with Crippen molar-refractivity contribution in [3.8, 4) is 0 Å². The Morgan fingerprint density at radius 3 is 2.43 bits per heavy atom. The van der Waals surface area contributed by atoms with Crippen LogP contribution < -0.4 is 9.67 Å². The zero-order valence-electron chi connectivity index (χ0n) is 10.9. The Morgan fingerprint density at radius 2 is 1.81 bits per heavy atom. The van der Waals surface area contributed by atoms with E-state index in [9.17, 15) is 13.2 Å². The van der Waals surface area contributed by atoms with Gasteiger partial charge in [-0.1, -0.05) is 18.2 Å². The van der Waals surface area contributed by atoms with Crippen molar-refractivity contribution in [3.63, 3.8) is 0 Å². The minimum absolute atomic E-state index is 1.15. The Hall–Kier alpha value is -2.37. The normalized spacial score (nSPS) is 13.3. The number of aromatic nitrogens is 1. The monoisotopic (exact) mass is 295 g/mol. The van der Waals surface area contributed by atoms with Crippen LogP contribution in [0.15, 0.2) is 42.6 Å². The number of carboxylic acids is 1. The molecule has 3 nitrogen and oxygen atoms in total. The van der Waals surface area contributed by atoms with E-state index in [1.165, 1.54) is 22.9 Å².